The number of carboxylic acids is 1. The molecule has 3 rings (SSSR count). The lowest BCUT2D eigenvalue weighted by Gasteiger charge is -2.05. The van der Waals surface area contributed by atoms with Crippen molar-refractivity contribution in [3.05, 3.63) is 76.0 Å². The quantitative estimate of drug-likeness (QED) is 0.577. The predicted octanol–water partition coefficient (Wildman–Crippen LogP) is 3.49. The average molecular weight is 310 g/mol. The van der Waals surface area contributed by atoms with E-state index in [0.29, 0.717) is 17.4 Å². The number of rotatable bonds is 5. The van der Waals surface area contributed by atoms with Gasteiger partial charge in [-0.3, -0.25) is 10.1 Å². The van der Waals surface area contributed by atoms with Crippen molar-refractivity contribution in [1.29, 1.82) is 0 Å². The molecular weight excluding hydrogens is 296 g/mol. The van der Waals surface area contributed by atoms with E-state index in [9.17, 15) is 20.0 Å². The highest BCUT2D eigenvalue weighted by molar-refractivity contribution is 6.04. The first-order valence-corrected chi connectivity index (χ1v) is 7.11. The van der Waals surface area contributed by atoms with Crippen molar-refractivity contribution in [1.82, 2.24) is 4.57 Å². The SMILES string of the molecule is O=C(O)c1cn(CCc2ccccc2)c2ccc([N+](=O)[O-])cc12. The van der Waals surface area contributed by atoms with Crippen LogP contribution >= 0.6 is 0 Å². The Morgan fingerprint density at radius 2 is 1.91 bits per heavy atom. The highest BCUT2D eigenvalue weighted by Crippen LogP contribution is 2.26. The molecule has 1 aromatic heterocycles. The summed E-state index contributed by atoms with van der Waals surface area (Å²) in [4.78, 5) is 21.8. The normalized spacial score (nSPS) is 10.8. The maximum absolute atomic E-state index is 11.4. The summed E-state index contributed by atoms with van der Waals surface area (Å²) < 4.78 is 1.83. The summed E-state index contributed by atoms with van der Waals surface area (Å²) in [6.07, 6.45) is 2.29. The number of fused-ring (bicyclic) bond motifs is 1. The van der Waals surface area contributed by atoms with Gasteiger partial charge in [0.25, 0.3) is 5.69 Å². The molecule has 0 aliphatic rings. The lowest BCUT2D eigenvalue weighted by Crippen LogP contribution is -2.00. The molecule has 6 nitrogen and oxygen atoms in total. The molecule has 0 saturated carbocycles. The van der Waals surface area contributed by atoms with Crippen LogP contribution in [0.5, 0.6) is 0 Å². The van der Waals surface area contributed by atoms with Crippen molar-refractivity contribution in [2.45, 2.75) is 13.0 Å². The van der Waals surface area contributed by atoms with E-state index in [1.165, 1.54) is 12.1 Å². The summed E-state index contributed by atoms with van der Waals surface area (Å²) in [7, 11) is 0. The fourth-order valence-electron chi connectivity index (χ4n) is 2.65. The highest BCUT2D eigenvalue weighted by atomic mass is 16.6. The summed E-state index contributed by atoms with van der Waals surface area (Å²) in [6, 6.07) is 14.2. The van der Waals surface area contributed by atoms with Gasteiger partial charge in [-0.1, -0.05) is 30.3 Å². The molecular formula is C17H14N2O4. The number of nitro groups is 1. The first kappa shape index (κ1) is 14.8. The summed E-state index contributed by atoms with van der Waals surface area (Å²) >= 11 is 0. The standard InChI is InChI=1S/C17H14N2O4/c20-17(21)15-11-18(9-8-12-4-2-1-3-5-12)16-7-6-13(19(22)23)10-14(15)16/h1-7,10-11H,8-9H2,(H,20,21). The van der Waals surface area contributed by atoms with Crippen LogP contribution in [0.15, 0.2) is 54.7 Å². The monoisotopic (exact) mass is 310 g/mol. The largest absolute Gasteiger partial charge is 0.478 e. The van der Waals surface area contributed by atoms with E-state index in [4.69, 9.17) is 0 Å². The minimum absolute atomic E-state index is 0.0803. The number of aromatic carboxylic acids is 1. The Bertz CT molecular complexity index is 884. The third-order valence-corrected chi connectivity index (χ3v) is 3.79. The first-order chi connectivity index (χ1) is 11.1. The zero-order valence-electron chi connectivity index (χ0n) is 12.2. The van der Waals surface area contributed by atoms with Gasteiger partial charge in [0, 0.05) is 35.8 Å². The zero-order chi connectivity index (χ0) is 16.4. The van der Waals surface area contributed by atoms with E-state index in [1.807, 2.05) is 34.9 Å². The number of carboxylic acid groups (broad SMARTS) is 1. The molecule has 0 aliphatic heterocycles. The molecule has 0 atom stereocenters. The number of nitro benzene ring substituents is 1. The van der Waals surface area contributed by atoms with Gasteiger partial charge in [0.15, 0.2) is 0 Å². The Kier molecular flexibility index (Phi) is 3.80. The van der Waals surface area contributed by atoms with E-state index in [2.05, 4.69) is 0 Å². The predicted molar refractivity (Wildman–Crippen MR) is 85.7 cm³/mol. The van der Waals surface area contributed by atoms with Crippen molar-refractivity contribution >= 4 is 22.6 Å². The summed E-state index contributed by atoms with van der Waals surface area (Å²) in [6.45, 7) is 0.603. The van der Waals surface area contributed by atoms with Crippen molar-refractivity contribution in [2.24, 2.45) is 0 Å². The third kappa shape index (κ3) is 2.91. The number of hydrogen-bond donors (Lipinski definition) is 1. The fraction of sp³-hybridized carbons (Fsp3) is 0.118. The fourth-order valence-corrected chi connectivity index (χ4v) is 2.65. The molecule has 0 radical (unpaired) electrons. The van der Waals surface area contributed by atoms with E-state index in [0.717, 1.165) is 12.0 Å². The molecule has 0 aliphatic carbocycles. The van der Waals surface area contributed by atoms with Crippen LogP contribution in [0.25, 0.3) is 10.9 Å². The molecule has 0 saturated heterocycles. The Labute approximate surface area is 131 Å². The molecule has 0 fully saturated rings. The second-order valence-electron chi connectivity index (χ2n) is 5.24. The van der Waals surface area contributed by atoms with E-state index in [-0.39, 0.29) is 11.3 Å². The summed E-state index contributed by atoms with van der Waals surface area (Å²) in [5, 5.41) is 20.6. The van der Waals surface area contributed by atoms with Gasteiger partial charge in [0.2, 0.25) is 0 Å². The van der Waals surface area contributed by atoms with Crippen molar-refractivity contribution in [3.8, 4) is 0 Å². The van der Waals surface area contributed by atoms with Crippen molar-refractivity contribution in [2.75, 3.05) is 0 Å². The third-order valence-electron chi connectivity index (χ3n) is 3.79. The maximum Gasteiger partial charge on any atom is 0.337 e. The number of hydrogen-bond acceptors (Lipinski definition) is 3. The van der Waals surface area contributed by atoms with Gasteiger partial charge in [-0.15, -0.1) is 0 Å². The van der Waals surface area contributed by atoms with Gasteiger partial charge in [0.1, 0.15) is 0 Å². The van der Waals surface area contributed by atoms with Gasteiger partial charge in [-0.25, -0.2) is 4.79 Å². The number of aryl methyl sites for hydroxylation is 2. The summed E-state index contributed by atoms with van der Waals surface area (Å²) in [5.74, 6) is -1.09. The van der Waals surface area contributed by atoms with Crippen LogP contribution in [0.1, 0.15) is 15.9 Å². The number of nitrogens with zero attached hydrogens (tertiary/aromatic N) is 2. The number of carbonyl (C=O) groups is 1. The van der Waals surface area contributed by atoms with Crippen LogP contribution in [-0.2, 0) is 13.0 Å². The first-order valence-electron chi connectivity index (χ1n) is 7.11. The van der Waals surface area contributed by atoms with Crippen LogP contribution in [-0.4, -0.2) is 20.6 Å². The number of non-ortho nitro benzene ring substituents is 1. The minimum atomic E-state index is -1.09. The van der Waals surface area contributed by atoms with Crippen LogP contribution in [0.2, 0.25) is 0 Å². The minimum Gasteiger partial charge on any atom is -0.478 e. The molecule has 0 bridgehead atoms. The molecule has 116 valence electrons. The van der Waals surface area contributed by atoms with Gasteiger partial charge in [0.05, 0.1) is 10.5 Å². The van der Waals surface area contributed by atoms with Crippen LogP contribution in [0.4, 0.5) is 5.69 Å². The van der Waals surface area contributed by atoms with Gasteiger partial charge in [-0.2, -0.15) is 0 Å². The number of benzene rings is 2. The van der Waals surface area contributed by atoms with Gasteiger partial charge < -0.3 is 9.67 Å². The molecule has 6 heteroatoms. The Morgan fingerprint density at radius 1 is 1.17 bits per heavy atom. The molecule has 1 N–H and O–H groups in total. The van der Waals surface area contributed by atoms with Gasteiger partial charge >= 0.3 is 5.97 Å². The van der Waals surface area contributed by atoms with E-state index < -0.39 is 10.9 Å². The van der Waals surface area contributed by atoms with E-state index in [1.54, 1.807) is 12.3 Å². The molecule has 3 aromatic rings. The topological polar surface area (TPSA) is 85.4 Å². The molecule has 2 aromatic carbocycles. The van der Waals surface area contributed by atoms with Crippen LogP contribution in [0.3, 0.4) is 0 Å². The van der Waals surface area contributed by atoms with Crippen molar-refractivity contribution in [3.63, 3.8) is 0 Å². The molecule has 0 spiro atoms. The number of aromatic nitrogens is 1. The Hall–Kier alpha value is -3.15. The molecule has 1 heterocycles. The van der Waals surface area contributed by atoms with Crippen LogP contribution < -0.4 is 0 Å². The Morgan fingerprint density at radius 3 is 2.57 bits per heavy atom. The lowest BCUT2D eigenvalue weighted by atomic mass is 10.1. The smallest absolute Gasteiger partial charge is 0.337 e. The maximum atomic E-state index is 11.4. The highest BCUT2D eigenvalue weighted by Gasteiger charge is 2.17. The lowest BCUT2D eigenvalue weighted by molar-refractivity contribution is -0.384. The van der Waals surface area contributed by atoms with Crippen molar-refractivity contribution < 1.29 is 14.8 Å². The second-order valence-corrected chi connectivity index (χ2v) is 5.24. The van der Waals surface area contributed by atoms with Gasteiger partial charge in [-0.05, 0) is 18.1 Å². The molecule has 23 heavy (non-hydrogen) atoms. The molecule has 0 unspecified atom stereocenters. The zero-order valence-corrected chi connectivity index (χ0v) is 12.2. The van der Waals surface area contributed by atoms with Crippen LogP contribution in [0, 0.1) is 10.1 Å². The Balaban J connectivity index is 2.00. The second kappa shape index (κ2) is 5.92. The molecule has 0 amide bonds. The average Bonchev–Trinajstić information content (AvgIpc) is 2.92. The summed E-state index contributed by atoms with van der Waals surface area (Å²) in [5.41, 5.74) is 1.80. The van der Waals surface area contributed by atoms with E-state index >= 15 is 0 Å².